The topological polar surface area (TPSA) is 0 Å². The summed E-state index contributed by atoms with van der Waals surface area (Å²) in [7, 11) is 0. The molecule has 0 aliphatic heterocycles. The van der Waals surface area contributed by atoms with Gasteiger partial charge in [-0.05, 0) is 0 Å². The van der Waals surface area contributed by atoms with Crippen molar-refractivity contribution in [3.63, 3.8) is 0 Å². The highest BCUT2D eigenvalue weighted by atomic mass is 35.5. The molecule has 18 heavy (non-hydrogen) atoms. The van der Waals surface area contributed by atoms with E-state index in [2.05, 4.69) is 0 Å². The Kier molecular flexibility index (Phi) is 5.10. The molecule has 106 valence electrons. The summed E-state index contributed by atoms with van der Waals surface area (Å²) in [4.78, 5) is -0.838. The van der Waals surface area contributed by atoms with E-state index in [0.717, 1.165) is 0 Å². The third-order valence-electron chi connectivity index (χ3n) is 4.50. The summed E-state index contributed by atoms with van der Waals surface area (Å²) < 4.78 is 0. The molecule has 0 aromatic rings. The van der Waals surface area contributed by atoms with Crippen LogP contribution in [-0.4, -0.2) is 38.1 Å². The van der Waals surface area contributed by atoms with Crippen molar-refractivity contribution in [2.45, 2.75) is 26.3 Å². The van der Waals surface area contributed by atoms with E-state index in [1.807, 2.05) is 0 Å². The van der Waals surface area contributed by atoms with Gasteiger partial charge in [0.25, 0.3) is 0 Å². The van der Waals surface area contributed by atoms with E-state index in [9.17, 15) is 0 Å². The summed E-state index contributed by atoms with van der Waals surface area (Å²) in [6.45, 7) is 0. The van der Waals surface area contributed by atoms with Crippen molar-refractivity contribution >= 4 is 92.8 Å². The zero-order valence-corrected chi connectivity index (χ0v) is 14.9. The molecule has 2 saturated carbocycles. The van der Waals surface area contributed by atoms with Crippen LogP contribution in [0.3, 0.4) is 0 Å². The molecule has 0 amide bonds. The molecular weight excluding hydrogens is 404 g/mol. The van der Waals surface area contributed by atoms with E-state index < -0.39 is 37.2 Å². The minimum atomic E-state index is -0.883. The SMILES string of the molecule is ClCC1(CCl)C2[C@@H](Cl)[C@H](Cl)C1(C(Cl)Cl)[C@@H](Cl)[C@H]2Cl. The van der Waals surface area contributed by atoms with Gasteiger partial charge in [0.1, 0.15) is 4.84 Å². The van der Waals surface area contributed by atoms with Crippen molar-refractivity contribution in [1.29, 1.82) is 0 Å². The number of alkyl halides is 8. The van der Waals surface area contributed by atoms with Crippen LogP contribution < -0.4 is 0 Å². The van der Waals surface area contributed by atoms with E-state index in [1.165, 1.54) is 0 Å². The molecule has 0 aromatic heterocycles. The number of hydrogen-bond donors (Lipinski definition) is 0. The second kappa shape index (κ2) is 5.51. The Labute approximate surface area is 146 Å². The molecule has 0 aromatic carbocycles. The average molecular weight is 414 g/mol. The number of rotatable bonds is 3. The van der Waals surface area contributed by atoms with E-state index in [0.29, 0.717) is 0 Å². The highest BCUT2D eigenvalue weighted by molar-refractivity contribution is 6.47. The van der Waals surface area contributed by atoms with Crippen LogP contribution in [0, 0.1) is 16.7 Å². The minimum Gasteiger partial charge on any atom is -0.126 e. The highest BCUT2D eigenvalue weighted by Gasteiger charge is 2.80. The number of halogens is 8. The lowest BCUT2D eigenvalue weighted by atomic mass is 9.70. The summed E-state index contributed by atoms with van der Waals surface area (Å²) in [5, 5.41) is -1.83. The van der Waals surface area contributed by atoms with Gasteiger partial charge in [-0.15, -0.1) is 92.8 Å². The molecule has 2 aliphatic rings. The third kappa shape index (κ3) is 1.67. The molecule has 0 nitrogen and oxygen atoms in total. The van der Waals surface area contributed by atoms with Gasteiger partial charge < -0.3 is 0 Å². The van der Waals surface area contributed by atoms with Crippen molar-refractivity contribution < 1.29 is 0 Å². The van der Waals surface area contributed by atoms with Crippen LogP contribution in [0.15, 0.2) is 0 Å². The van der Waals surface area contributed by atoms with Gasteiger partial charge in [0.2, 0.25) is 0 Å². The summed E-state index contributed by atoms with van der Waals surface area (Å²) >= 11 is 50.4. The normalized spacial score (nSPS) is 50.2. The fraction of sp³-hybridized carbons (Fsp3) is 1.00. The molecule has 6 atom stereocenters. The first-order valence-electron chi connectivity index (χ1n) is 5.29. The lowest BCUT2D eigenvalue weighted by molar-refractivity contribution is 0.159. The highest BCUT2D eigenvalue weighted by Crippen LogP contribution is 2.74. The minimum absolute atomic E-state index is 0.208. The number of hydrogen-bond acceptors (Lipinski definition) is 0. The summed E-state index contributed by atoms with van der Waals surface area (Å²) in [6, 6.07) is 0. The fourth-order valence-corrected chi connectivity index (χ4v) is 8.53. The van der Waals surface area contributed by atoms with Gasteiger partial charge >= 0.3 is 0 Å². The first kappa shape index (κ1) is 16.7. The van der Waals surface area contributed by atoms with Crippen molar-refractivity contribution in [3.05, 3.63) is 0 Å². The van der Waals surface area contributed by atoms with Crippen LogP contribution in [0.5, 0.6) is 0 Å². The monoisotopic (exact) mass is 410 g/mol. The Balaban J connectivity index is 2.66. The second-order valence-electron chi connectivity index (χ2n) is 4.88. The lowest BCUT2D eigenvalue weighted by Gasteiger charge is -2.45. The maximum absolute atomic E-state index is 6.45. The van der Waals surface area contributed by atoms with Crippen LogP contribution in [0.4, 0.5) is 0 Å². The Morgan fingerprint density at radius 2 is 1.22 bits per heavy atom. The molecule has 2 aliphatic carbocycles. The molecular formula is C10H10Cl8. The molecule has 0 heterocycles. The van der Waals surface area contributed by atoms with Gasteiger partial charge in [0.05, 0.1) is 21.5 Å². The van der Waals surface area contributed by atoms with E-state index in [4.69, 9.17) is 92.8 Å². The first-order valence-corrected chi connectivity index (χ1v) is 8.98. The standard InChI is InChI=1S/C10H10Cl8/c11-1-9(2-12)3-4(13)6(15)10(9,8(17)18)7(16)5(3)14/h3-8H,1-2H2/t3?,4-,5+,6-,7-,10?/m0/s1. The molecule has 8 heteroatoms. The maximum atomic E-state index is 6.45. The zero-order chi connectivity index (χ0) is 13.9. The summed E-state index contributed by atoms with van der Waals surface area (Å²) in [6.07, 6.45) is 0. The Morgan fingerprint density at radius 1 is 0.833 bits per heavy atom. The van der Waals surface area contributed by atoms with Gasteiger partial charge in [0.15, 0.2) is 0 Å². The van der Waals surface area contributed by atoms with Gasteiger partial charge in [-0.1, -0.05) is 0 Å². The van der Waals surface area contributed by atoms with E-state index in [-0.39, 0.29) is 17.7 Å². The third-order valence-corrected chi connectivity index (χ3v) is 8.74. The van der Waals surface area contributed by atoms with Gasteiger partial charge in [-0.3, -0.25) is 0 Å². The van der Waals surface area contributed by atoms with Crippen LogP contribution in [0.1, 0.15) is 0 Å². The molecule has 2 fully saturated rings. The van der Waals surface area contributed by atoms with Crippen molar-refractivity contribution in [2.24, 2.45) is 16.7 Å². The zero-order valence-electron chi connectivity index (χ0n) is 8.90. The molecule has 0 radical (unpaired) electrons. The Hall–Kier alpha value is 2.32. The van der Waals surface area contributed by atoms with Gasteiger partial charge in [0, 0.05) is 28.5 Å². The predicted octanol–water partition coefficient (Wildman–Crippen LogP) is 5.31. The van der Waals surface area contributed by atoms with Gasteiger partial charge in [-0.25, -0.2) is 0 Å². The Bertz CT molecular complexity index is 312. The van der Waals surface area contributed by atoms with Gasteiger partial charge in [-0.2, -0.15) is 0 Å². The molecule has 0 saturated heterocycles. The largest absolute Gasteiger partial charge is 0.126 e. The second-order valence-corrected chi connectivity index (χ2v) is 8.45. The van der Waals surface area contributed by atoms with Crippen molar-refractivity contribution in [2.75, 3.05) is 11.8 Å². The van der Waals surface area contributed by atoms with Crippen LogP contribution in [-0.2, 0) is 0 Å². The predicted molar refractivity (Wildman–Crippen MR) is 83.9 cm³/mol. The molecule has 0 N–H and O–H groups in total. The van der Waals surface area contributed by atoms with Crippen LogP contribution >= 0.6 is 92.8 Å². The van der Waals surface area contributed by atoms with Crippen molar-refractivity contribution in [1.82, 2.24) is 0 Å². The Morgan fingerprint density at radius 3 is 1.44 bits per heavy atom. The van der Waals surface area contributed by atoms with Crippen LogP contribution in [0.25, 0.3) is 0 Å². The van der Waals surface area contributed by atoms with E-state index in [1.54, 1.807) is 0 Å². The molecule has 0 spiro atoms. The quantitative estimate of drug-likeness (QED) is 0.550. The summed E-state index contributed by atoms with van der Waals surface area (Å²) in [5.41, 5.74) is -1.53. The van der Waals surface area contributed by atoms with E-state index >= 15 is 0 Å². The van der Waals surface area contributed by atoms with Crippen molar-refractivity contribution in [3.8, 4) is 0 Å². The lowest BCUT2D eigenvalue weighted by Crippen LogP contribution is -2.54. The molecule has 2 rings (SSSR count). The fourth-order valence-electron chi connectivity index (χ4n) is 3.57. The van der Waals surface area contributed by atoms with Crippen LogP contribution in [0.2, 0.25) is 0 Å². The summed E-state index contributed by atoms with van der Waals surface area (Å²) in [5.74, 6) is 0.229. The number of fused-ring (bicyclic) bond motifs is 2. The maximum Gasteiger partial charge on any atom is 0.117 e. The first-order chi connectivity index (χ1) is 8.32. The average Bonchev–Trinajstić information content (AvgIpc) is 2.66. The smallest absolute Gasteiger partial charge is 0.117 e. The molecule has 2 bridgehead atoms. The molecule has 2 unspecified atom stereocenters.